The number of aliphatic hydroxyl groups is 1. The van der Waals surface area contributed by atoms with Gasteiger partial charge in [0.1, 0.15) is 5.54 Å². The first-order valence-electron chi connectivity index (χ1n) is 3.91. The summed E-state index contributed by atoms with van der Waals surface area (Å²) in [6.45, 7) is 3.52. The van der Waals surface area contributed by atoms with E-state index in [1.807, 2.05) is 0 Å². The third-order valence-corrected chi connectivity index (χ3v) is 3.05. The molecule has 0 aromatic rings. The van der Waals surface area contributed by atoms with Crippen molar-refractivity contribution in [3.8, 4) is 0 Å². The fourth-order valence-corrected chi connectivity index (χ4v) is 1.52. The van der Waals surface area contributed by atoms with Crippen LogP contribution in [0.4, 0.5) is 0 Å². The number of aliphatic hydroxyl groups excluding tert-OH is 1. The highest BCUT2D eigenvalue weighted by atomic mass is 35.5. The van der Waals surface area contributed by atoms with Crippen molar-refractivity contribution in [1.29, 1.82) is 0 Å². The molecule has 2 atom stereocenters. The van der Waals surface area contributed by atoms with E-state index in [2.05, 4.69) is 4.74 Å². The Kier molecular flexibility index (Phi) is 3.36. The number of methoxy groups -OCH3 is 1. The van der Waals surface area contributed by atoms with Gasteiger partial charge in [-0.05, 0) is 0 Å². The fourth-order valence-electron chi connectivity index (χ4n) is 1.52. The summed E-state index contributed by atoms with van der Waals surface area (Å²) < 4.78 is 4.57. The number of rotatable bonds is 1. The van der Waals surface area contributed by atoms with Crippen LogP contribution in [-0.4, -0.2) is 29.8 Å². The topological polar surface area (TPSA) is 72.5 Å². The van der Waals surface area contributed by atoms with Gasteiger partial charge < -0.3 is 15.6 Å². The summed E-state index contributed by atoms with van der Waals surface area (Å²) in [4.78, 5) is 11.2. The van der Waals surface area contributed by atoms with Crippen molar-refractivity contribution in [2.24, 2.45) is 11.1 Å². The number of esters is 1. The molecule has 0 heterocycles. The quantitative estimate of drug-likeness (QED) is 0.600. The Hall–Kier alpha value is -0.320. The Morgan fingerprint density at radius 1 is 1.62 bits per heavy atom. The first-order valence-corrected chi connectivity index (χ1v) is 3.91. The molecule has 0 aliphatic heterocycles. The van der Waals surface area contributed by atoms with E-state index in [0.717, 1.165) is 0 Å². The zero-order chi connectivity index (χ0) is 9.57. The number of carbonyl (C=O) groups is 1. The highest BCUT2D eigenvalue weighted by Gasteiger charge is 2.62. The van der Waals surface area contributed by atoms with Gasteiger partial charge in [-0.25, -0.2) is 0 Å². The third kappa shape index (κ3) is 1.43. The average molecular weight is 210 g/mol. The summed E-state index contributed by atoms with van der Waals surface area (Å²) in [7, 11) is 1.30. The molecule has 0 bridgehead atoms. The number of halogens is 1. The summed E-state index contributed by atoms with van der Waals surface area (Å²) in [5.41, 5.74) is 4.19. The Labute approximate surface area is 83.9 Å². The van der Waals surface area contributed by atoms with Crippen LogP contribution in [0.15, 0.2) is 0 Å². The Morgan fingerprint density at radius 2 is 2.08 bits per heavy atom. The normalized spacial score (nSPS) is 35.6. The maximum Gasteiger partial charge on any atom is 0.326 e. The van der Waals surface area contributed by atoms with Gasteiger partial charge in [0, 0.05) is 11.8 Å². The van der Waals surface area contributed by atoms with E-state index in [1.165, 1.54) is 7.11 Å². The number of hydrogen-bond acceptors (Lipinski definition) is 4. The summed E-state index contributed by atoms with van der Waals surface area (Å²) in [5.74, 6) is -0.446. The van der Waals surface area contributed by atoms with Crippen LogP contribution >= 0.6 is 12.4 Å². The van der Waals surface area contributed by atoms with Gasteiger partial charge in [-0.15, -0.1) is 12.4 Å². The maximum absolute atomic E-state index is 11.2. The summed E-state index contributed by atoms with van der Waals surface area (Å²) in [5, 5.41) is 9.37. The lowest BCUT2D eigenvalue weighted by Crippen LogP contribution is -2.73. The molecular formula is C8H16ClNO3. The van der Waals surface area contributed by atoms with E-state index in [4.69, 9.17) is 5.73 Å². The SMILES string of the molecule is COC(=O)C1(N)CC(O)C1(C)C.Cl. The molecule has 3 N–H and O–H groups in total. The van der Waals surface area contributed by atoms with E-state index < -0.39 is 23.0 Å². The largest absolute Gasteiger partial charge is 0.468 e. The Balaban J connectivity index is 0.00000144. The molecule has 0 amide bonds. The van der Waals surface area contributed by atoms with Crippen LogP contribution in [0.2, 0.25) is 0 Å². The minimum absolute atomic E-state index is 0. The molecule has 1 aliphatic rings. The van der Waals surface area contributed by atoms with Gasteiger partial charge in [-0.3, -0.25) is 4.79 Å². The van der Waals surface area contributed by atoms with Crippen molar-refractivity contribution in [2.75, 3.05) is 7.11 Å². The summed E-state index contributed by atoms with van der Waals surface area (Å²) in [6, 6.07) is 0. The van der Waals surface area contributed by atoms with Crippen LogP contribution in [0.1, 0.15) is 20.3 Å². The monoisotopic (exact) mass is 209 g/mol. The molecule has 1 aliphatic carbocycles. The molecule has 1 fully saturated rings. The molecule has 0 spiro atoms. The Morgan fingerprint density at radius 3 is 2.31 bits per heavy atom. The van der Waals surface area contributed by atoms with Gasteiger partial charge in [0.15, 0.2) is 0 Å². The van der Waals surface area contributed by atoms with Gasteiger partial charge in [-0.1, -0.05) is 13.8 Å². The van der Waals surface area contributed by atoms with Crippen LogP contribution in [0.3, 0.4) is 0 Å². The summed E-state index contributed by atoms with van der Waals surface area (Å²) >= 11 is 0. The second-order valence-corrected chi connectivity index (χ2v) is 3.90. The molecule has 1 saturated carbocycles. The molecular weight excluding hydrogens is 194 g/mol. The van der Waals surface area contributed by atoms with Crippen LogP contribution in [0, 0.1) is 5.41 Å². The molecule has 4 nitrogen and oxygen atoms in total. The van der Waals surface area contributed by atoms with Crippen molar-refractivity contribution < 1.29 is 14.6 Å². The molecule has 0 saturated heterocycles. The zero-order valence-electron chi connectivity index (χ0n) is 8.03. The first-order chi connectivity index (χ1) is 5.36. The summed E-state index contributed by atoms with van der Waals surface area (Å²) in [6.07, 6.45) is -0.228. The molecule has 5 heteroatoms. The molecule has 0 radical (unpaired) electrons. The predicted octanol–water partition coefficient (Wildman–Crippen LogP) is 0.0695. The Bertz CT molecular complexity index is 219. The molecule has 13 heavy (non-hydrogen) atoms. The van der Waals surface area contributed by atoms with Crippen LogP contribution < -0.4 is 5.73 Å². The van der Waals surface area contributed by atoms with Gasteiger partial charge in [-0.2, -0.15) is 0 Å². The third-order valence-electron chi connectivity index (χ3n) is 3.05. The van der Waals surface area contributed by atoms with Crippen LogP contribution in [-0.2, 0) is 9.53 Å². The van der Waals surface area contributed by atoms with E-state index in [-0.39, 0.29) is 18.8 Å². The average Bonchev–Trinajstić information content (AvgIpc) is 2.03. The number of hydrogen-bond donors (Lipinski definition) is 2. The lowest BCUT2D eigenvalue weighted by Gasteiger charge is -2.54. The van der Waals surface area contributed by atoms with E-state index in [1.54, 1.807) is 13.8 Å². The molecule has 2 unspecified atom stereocenters. The van der Waals surface area contributed by atoms with E-state index in [9.17, 15) is 9.90 Å². The minimum atomic E-state index is -1.01. The number of carbonyl (C=O) groups excluding carboxylic acids is 1. The fraction of sp³-hybridized carbons (Fsp3) is 0.875. The van der Waals surface area contributed by atoms with E-state index >= 15 is 0 Å². The van der Waals surface area contributed by atoms with Crippen LogP contribution in [0.5, 0.6) is 0 Å². The standard InChI is InChI=1S/C8H15NO3.ClH/c1-7(2)5(10)4-8(7,9)6(11)12-3;/h5,10H,4,9H2,1-3H3;1H. The van der Waals surface area contributed by atoms with Crippen molar-refractivity contribution in [3.05, 3.63) is 0 Å². The van der Waals surface area contributed by atoms with Gasteiger partial charge >= 0.3 is 5.97 Å². The van der Waals surface area contributed by atoms with Crippen molar-refractivity contribution in [2.45, 2.75) is 31.9 Å². The second kappa shape index (κ2) is 3.44. The molecule has 78 valence electrons. The lowest BCUT2D eigenvalue weighted by atomic mass is 9.55. The van der Waals surface area contributed by atoms with Gasteiger partial charge in [0.25, 0.3) is 0 Å². The van der Waals surface area contributed by atoms with Crippen molar-refractivity contribution >= 4 is 18.4 Å². The second-order valence-electron chi connectivity index (χ2n) is 3.90. The van der Waals surface area contributed by atoms with Gasteiger partial charge in [0.05, 0.1) is 13.2 Å². The van der Waals surface area contributed by atoms with Crippen molar-refractivity contribution in [3.63, 3.8) is 0 Å². The first kappa shape index (κ1) is 12.7. The van der Waals surface area contributed by atoms with Gasteiger partial charge in [0.2, 0.25) is 0 Å². The zero-order valence-corrected chi connectivity index (χ0v) is 8.85. The molecule has 0 aromatic carbocycles. The molecule has 1 rings (SSSR count). The maximum atomic E-state index is 11.2. The number of nitrogens with two attached hydrogens (primary N) is 1. The predicted molar refractivity (Wildman–Crippen MR) is 50.6 cm³/mol. The highest BCUT2D eigenvalue weighted by molar-refractivity contribution is 5.85. The smallest absolute Gasteiger partial charge is 0.326 e. The minimum Gasteiger partial charge on any atom is -0.468 e. The molecule has 0 aromatic heterocycles. The van der Waals surface area contributed by atoms with Crippen LogP contribution in [0.25, 0.3) is 0 Å². The van der Waals surface area contributed by atoms with Crippen molar-refractivity contribution in [1.82, 2.24) is 0 Å². The highest BCUT2D eigenvalue weighted by Crippen LogP contribution is 2.48. The lowest BCUT2D eigenvalue weighted by molar-refractivity contribution is -0.178. The van der Waals surface area contributed by atoms with E-state index in [0.29, 0.717) is 0 Å². The number of ether oxygens (including phenoxy) is 1.